The summed E-state index contributed by atoms with van der Waals surface area (Å²) >= 11 is 0. The second kappa shape index (κ2) is 7.60. The Bertz CT molecular complexity index is 211. The molecule has 0 bridgehead atoms. The van der Waals surface area contributed by atoms with Gasteiger partial charge in [0.2, 0.25) is 5.91 Å². The predicted molar refractivity (Wildman–Crippen MR) is 61.0 cm³/mol. The third kappa shape index (κ3) is 4.47. The van der Waals surface area contributed by atoms with E-state index < -0.39 is 0 Å². The molecule has 0 radical (unpaired) electrons. The number of amides is 1. The van der Waals surface area contributed by atoms with Crippen LogP contribution in [0.4, 0.5) is 0 Å². The second-order valence-electron chi connectivity index (χ2n) is 4.15. The Hall–Kier alpha value is -0.650. The van der Waals surface area contributed by atoms with Gasteiger partial charge in [-0.1, -0.05) is 6.42 Å². The standard InChI is InChI=1S/C11H22N2O3/c1-15-5-6-16-8-11(14)13-10-4-2-3-9(10)7-12/h9-10H,2-8,12H2,1H3,(H,13,14). The Balaban J connectivity index is 2.13. The topological polar surface area (TPSA) is 73.6 Å². The Morgan fingerprint density at radius 1 is 1.44 bits per heavy atom. The maximum atomic E-state index is 11.5. The molecule has 0 spiro atoms. The molecule has 5 nitrogen and oxygen atoms in total. The first kappa shape index (κ1) is 13.4. The Labute approximate surface area is 96.7 Å². The lowest BCUT2D eigenvalue weighted by Gasteiger charge is -2.19. The third-order valence-corrected chi connectivity index (χ3v) is 2.97. The number of ether oxygens (including phenoxy) is 2. The lowest BCUT2D eigenvalue weighted by Crippen LogP contribution is -2.41. The molecule has 2 atom stereocenters. The van der Waals surface area contributed by atoms with Gasteiger partial charge in [0.1, 0.15) is 6.61 Å². The minimum Gasteiger partial charge on any atom is -0.382 e. The molecule has 1 fully saturated rings. The number of nitrogens with two attached hydrogens (primary N) is 1. The van der Waals surface area contributed by atoms with Gasteiger partial charge in [0.05, 0.1) is 13.2 Å². The third-order valence-electron chi connectivity index (χ3n) is 2.97. The Morgan fingerprint density at radius 2 is 2.25 bits per heavy atom. The summed E-state index contributed by atoms with van der Waals surface area (Å²) in [6, 6.07) is 0.239. The summed E-state index contributed by atoms with van der Waals surface area (Å²) in [6.07, 6.45) is 3.30. The molecule has 0 aromatic heterocycles. The van der Waals surface area contributed by atoms with Gasteiger partial charge < -0.3 is 20.5 Å². The van der Waals surface area contributed by atoms with Crippen molar-refractivity contribution in [2.45, 2.75) is 25.3 Å². The first-order chi connectivity index (χ1) is 7.77. The zero-order chi connectivity index (χ0) is 11.8. The van der Waals surface area contributed by atoms with E-state index in [0.29, 0.717) is 25.7 Å². The highest BCUT2D eigenvalue weighted by atomic mass is 16.5. The largest absolute Gasteiger partial charge is 0.382 e. The van der Waals surface area contributed by atoms with Crippen LogP contribution in [0.1, 0.15) is 19.3 Å². The molecule has 16 heavy (non-hydrogen) atoms. The maximum absolute atomic E-state index is 11.5. The van der Waals surface area contributed by atoms with E-state index in [4.69, 9.17) is 15.2 Å². The lowest BCUT2D eigenvalue weighted by molar-refractivity contribution is -0.127. The average Bonchev–Trinajstić information content (AvgIpc) is 2.71. The number of rotatable bonds is 7. The molecule has 1 aliphatic carbocycles. The fourth-order valence-corrected chi connectivity index (χ4v) is 2.06. The van der Waals surface area contributed by atoms with E-state index in [1.807, 2.05) is 0 Å². The second-order valence-corrected chi connectivity index (χ2v) is 4.15. The fourth-order valence-electron chi connectivity index (χ4n) is 2.06. The van der Waals surface area contributed by atoms with E-state index >= 15 is 0 Å². The molecule has 94 valence electrons. The van der Waals surface area contributed by atoms with Crippen molar-refractivity contribution in [3.8, 4) is 0 Å². The molecule has 1 saturated carbocycles. The van der Waals surface area contributed by atoms with Gasteiger partial charge in [0.15, 0.2) is 0 Å². The van der Waals surface area contributed by atoms with Crippen molar-refractivity contribution in [3.63, 3.8) is 0 Å². The number of carbonyl (C=O) groups is 1. The quantitative estimate of drug-likeness (QED) is 0.599. The molecule has 1 aliphatic rings. The molecule has 1 amide bonds. The maximum Gasteiger partial charge on any atom is 0.246 e. The van der Waals surface area contributed by atoms with Gasteiger partial charge in [-0.25, -0.2) is 0 Å². The van der Waals surface area contributed by atoms with Gasteiger partial charge in [0, 0.05) is 13.2 Å². The highest BCUT2D eigenvalue weighted by Gasteiger charge is 2.27. The molecule has 2 unspecified atom stereocenters. The summed E-state index contributed by atoms with van der Waals surface area (Å²) < 4.78 is 9.97. The zero-order valence-electron chi connectivity index (χ0n) is 9.91. The fraction of sp³-hybridized carbons (Fsp3) is 0.909. The zero-order valence-corrected chi connectivity index (χ0v) is 9.91. The average molecular weight is 230 g/mol. The van der Waals surface area contributed by atoms with Crippen LogP contribution in [0.3, 0.4) is 0 Å². The number of nitrogens with one attached hydrogen (secondary N) is 1. The first-order valence-electron chi connectivity index (χ1n) is 5.84. The van der Waals surface area contributed by atoms with Crippen LogP contribution in [0.5, 0.6) is 0 Å². The van der Waals surface area contributed by atoms with Crippen LogP contribution in [-0.2, 0) is 14.3 Å². The van der Waals surface area contributed by atoms with Crippen molar-refractivity contribution < 1.29 is 14.3 Å². The van der Waals surface area contributed by atoms with Crippen molar-refractivity contribution in [3.05, 3.63) is 0 Å². The smallest absolute Gasteiger partial charge is 0.246 e. The number of carbonyl (C=O) groups excluding carboxylic acids is 1. The number of methoxy groups -OCH3 is 1. The minimum absolute atomic E-state index is 0.0542. The number of hydrogen-bond donors (Lipinski definition) is 2. The summed E-state index contributed by atoms with van der Waals surface area (Å²) in [6.45, 7) is 1.73. The van der Waals surface area contributed by atoms with Gasteiger partial charge in [0.25, 0.3) is 0 Å². The van der Waals surface area contributed by atoms with Crippen LogP contribution in [0.15, 0.2) is 0 Å². The summed E-state index contributed by atoms with van der Waals surface area (Å²) in [5.41, 5.74) is 5.64. The molecule has 5 heteroatoms. The molecule has 1 rings (SSSR count). The summed E-state index contributed by atoms with van der Waals surface area (Å²) in [7, 11) is 1.60. The van der Waals surface area contributed by atoms with Crippen LogP contribution < -0.4 is 11.1 Å². The van der Waals surface area contributed by atoms with Gasteiger partial charge in [-0.3, -0.25) is 4.79 Å². The number of hydrogen-bond acceptors (Lipinski definition) is 4. The predicted octanol–water partition coefficient (Wildman–Crippen LogP) is -0.107. The van der Waals surface area contributed by atoms with Crippen molar-refractivity contribution >= 4 is 5.91 Å². The Morgan fingerprint density at radius 3 is 2.94 bits per heavy atom. The molecule has 0 aromatic rings. The Kier molecular flexibility index (Phi) is 6.37. The van der Waals surface area contributed by atoms with E-state index in [0.717, 1.165) is 19.3 Å². The molecule has 0 saturated heterocycles. The van der Waals surface area contributed by atoms with Crippen molar-refractivity contribution in [2.24, 2.45) is 11.7 Å². The van der Waals surface area contributed by atoms with E-state index in [1.54, 1.807) is 7.11 Å². The molecule has 3 N–H and O–H groups in total. The van der Waals surface area contributed by atoms with Crippen LogP contribution in [-0.4, -0.2) is 45.4 Å². The SMILES string of the molecule is COCCOCC(=O)NC1CCCC1CN. The van der Waals surface area contributed by atoms with E-state index in [1.165, 1.54) is 0 Å². The van der Waals surface area contributed by atoms with Crippen LogP contribution in [0.2, 0.25) is 0 Å². The van der Waals surface area contributed by atoms with E-state index in [2.05, 4.69) is 5.32 Å². The van der Waals surface area contributed by atoms with Gasteiger partial charge in [-0.15, -0.1) is 0 Å². The molecule has 0 aromatic carbocycles. The van der Waals surface area contributed by atoms with Crippen molar-refractivity contribution in [1.29, 1.82) is 0 Å². The minimum atomic E-state index is -0.0542. The summed E-state index contributed by atoms with van der Waals surface area (Å²) in [5, 5.41) is 2.97. The monoisotopic (exact) mass is 230 g/mol. The highest BCUT2D eigenvalue weighted by molar-refractivity contribution is 5.77. The first-order valence-corrected chi connectivity index (χ1v) is 5.84. The van der Waals surface area contributed by atoms with Crippen LogP contribution in [0.25, 0.3) is 0 Å². The summed E-state index contributed by atoms with van der Waals surface area (Å²) in [5.74, 6) is 0.379. The molecule has 0 heterocycles. The van der Waals surface area contributed by atoms with Gasteiger partial charge >= 0.3 is 0 Å². The van der Waals surface area contributed by atoms with E-state index in [9.17, 15) is 4.79 Å². The van der Waals surface area contributed by atoms with Gasteiger partial charge in [-0.05, 0) is 25.3 Å². The van der Waals surface area contributed by atoms with Crippen LogP contribution >= 0.6 is 0 Å². The lowest BCUT2D eigenvalue weighted by atomic mass is 10.0. The van der Waals surface area contributed by atoms with Crippen LogP contribution in [0, 0.1) is 5.92 Å². The van der Waals surface area contributed by atoms with Crippen molar-refractivity contribution in [1.82, 2.24) is 5.32 Å². The molecular formula is C11H22N2O3. The summed E-state index contributed by atoms with van der Waals surface area (Å²) in [4.78, 5) is 11.5. The normalized spacial score (nSPS) is 24.6. The highest BCUT2D eigenvalue weighted by Crippen LogP contribution is 2.24. The molecular weight excluding hydrogens is 208 g/mol. The molecule has 0 aliphatic heterocycles. The van der Waals surface area contributed by atoms with E-state index in [-0.39, 0.29) is 18.6 Å². The van der Waals surface area contributed by atoms with Crippen molar-refractivity contribution in [2.75, 3.05) is 33.5 Å². The van der Waals surface area contributed by atoms with Gasteiger partial charge in [-0.2, -0.15) is 0 Å².